The second-order valence-electron chi connectivity index (χ2n) is 6.45. The Morgan fingerprint density at radius 2 is 1.55 bits per heavy atom. The summed E-state index contributed by atoms with van der Waals surface area (Å²) < 4.78 is 55.1. The molecular formula is C18H19Cl2N3O4S2. The number of benzene rings is 2. The first-order valence-corrected chi connectivity index (χ1v) is 12.5. The number of hydrogen-bond acceptors (Lipinski definition) is 5. The molecule has 7 nitrogen and oxygen atoms in total. The Labute approximate surface area is 180 Å². The highest BCUT2D eigenvalue weighted by atomic mass is 35.5. The van der Waals surface area contributed by atoms with Crippen molar-refractivity contribution in [1.29, 1.82) is 0 Å². The van der Waals surface area contributed by atoms with E-state index in [1.807, 2.05) is 0 Å². The number of amidine groups is 1. The number of anilines is 1. The Hall–Kier alpha value is -1.81. The van der Waals surface area contributed by atoms with E-state index < -0.39 is 20.0 Å². The predicted octanol–water partition coefficient (Wildman–Crippen LogP) is 4.05. The van der Waals surface area contributed by atoms with Crippen molar-refractivity contribution in [3.8, 4) is 0 Å². The summed E-state index contributed by atoms with van der Waals surface area (Å²) in [7, 11) is -7.79. The minimum atomic E-state index is -3.99. The van der Waals surface area contributed by atoms with Crippen LogP contribution in [0.1, 0.15) is 25.7 Å². The minimum absolute atomic E-state index is 0.00758. The molecule has 2 aromatic rings. The summed E-state index contributed by atoms with van der Waals surface area (Å²) in [5, 5.41) is 0.248. The molecule has 0 radical (unpaired) electrons. The largest absolute Gasteiger partial charge is 0.280 e. The molecule has 0 saturated heterocycles. The molecule has 0 amide bonds. The molecule has 1 aliphatic heterocycles. The number of hydrogen-bond donors (Lipinski definition) is 2. The molecule has 156 valence electrons. The van der Waals surface area contributed by atoms with Crippen LogP contribution in [0.2, 0.25) is 10.0 Å². The van der Waals surface area contributed by atoms with E-state index in [9.17, 15) is 16.8 Å². The lowest BCUT2D eigenvalue weighted by molar-refractivity contribution is 0.591. The maximum atomic E-state index is 12.6. The van der Waals surface area contributed by atoms with Gasteiger partial charge in [-0.25, -0.2) is 16.8 Å². The van der Waals surface area contributed by atoms with Crippen molar-refractivity contribution in [3.63, 3.8) is 0 Å². The van der Waals surface area contributed by atoms with Gasteiger partial charge in [-0.15, -0.1) is 0 Å². The highest BCUT2D eigenvalue weighted by Crippen LogP contribution is 2.27. The van der Waals surface area contributed by atoms with Crippen LogP contribution in [0.5, 0.6) is 0 Å². The molecule has 3 rings (SSSR count). The summed E-state index contributed by atoms with van der Waals surface area (Å²) in [6.45, 7) is 0.602. The van der Waals surface area contributed by atoms with Crippen molar-refractivity contribution in [2.24, 2.45) is 4.99 Å². The van der Waals surface area contributed by atoms with E-state index in [1.54, 1.807) is 0 Å². The Balaban J connectivity index is 1.77. The van der Waals surface area contributed by atoms with E-state index in [4.69, 9.17) is 23.2 Å². The summed E-state index contributed by atoms with van der Waals surface area (Å²) >= 11 is 11.8. The van der Waals surface area contributed by atoms with Crippen molar-refractivity contribution in [2.75, 3.05) is 11.3 Å². The van der Waals surface area contributed by atoms with Crippen LogP contribution in [0.25, 0.3) is 0 Å². The molecule has 0 saturated carbocycles. The van der Waals surface area contributed by atoms with E-state index >= 15 is 0 Å². The molecule has 1 aliphatic rings. The summed E-state index contributed by atoms with van der Waals surface area (Å²) in [4.78, 5) is 4.10. The third-order valence-electron chi connectivity index (χ3n) is 4.23. The van der Waals surface area contributed by atoms with Crippen molar-refractivity contribution in [2.45, 2.75) is 35.5 Å². The molecule has 11 heteroatoms. The maximum absolute atomic E-state index is 12.6. The molecule has 0 unspecified atom stereocenters. The van der Waals surface area contributed by atoms with Crippen LogP contribution in [-0.2, 0) is 20.0 Å². The van der Waals surface area contributed by atoms with Gasteiger partial charge >= 0.3 is 0 Å². The first kappa shape index (κ1) is 21.9. The van der Waals surface area contributed by atoms with Gasteiger partial charge in [-0.05, 0) is 55.3 Å². The fourth-order valence-corrected chi connectivity index (χ4v) is 5.68. The second kappa shape index (κ2) is 8.91. The highest BCUT2D eigenvalue weighted by molar-refractivity contribution is 7.92. The van der Waals surface area contributed by atoms with Gasteiger partial charge in [-0.1, -0.05) is 29.6 Å². The molecule has 1 heterocycles. The fraction of sp³-hybridized carbons (Fsp3) is 0.278. The van der Waals surface area contributed by atoms with Gasteiger partial charge in [-0.2, -0.15) is 0 Å². The molecule has 0 bridgehead atoms. The molecule has 29 heavy (non-hydrogen) atoms. The van der Waals surface area contributed by atoms with E-state index in [-0.39, 0.29) is 25.5 Å². The van der Waals surface area contributed by atoms with Gasteiger partial charge in [0.05, 0.1) is 9.92 Å². The van der Waals surface area contributed by atoms with E-state index in [1.165, 1.54) is 42.5 Å². The monoisotopic (exact) mass is 475 g/mol. The molecular weight excluding hydrogens is 457 g/mol. The lowest BCUT2D eigenvalue weighted by atomic mass is 10.2. The SMILES string of the molecule is O=S(=O)(NC1=NCCCCC1)c1ccc(NS(=O)(=O)c2cc(Cl)ccc2Cl)cc1. The molecule has 0 spiro atoms. The van der Waals surface area contributed by atoms with Gasteiger partial charge in [0.15, 0.2) is 0 Å². The maximum Gasteiger partial charge on any atom is 0.263 e. The number of sulfonamides is 2. The van der Waals surface area contributed by atoms with E-state index in [0.717, 1.165) is 19.3 Å². The number of nitrogens with one attached hydrogen (secondary N) is 2. The Morgan fingerprint density at radius 3 is 2.28 bits per heavy atom. The van der Waals surface area contributed by atoms with Crippen LogP contribution in [0.15, 0.2) is 57.2 Å². The van der Waals surface area contributed by atoms with Crippen LogP contribution in [0.3, 0.4) is 0 Å². The summed E-state index contributed by atoms with van der Waals surface area (Å²) in [6, 6.07) is 9.46. The van der Waals surface area contributed by atoms with Gasteiger partial charge in [-0.3, -0.25) is 14.4 Å². The number of halogens is 2. The van der Waals surface area contributed by atoms with Crippen LogP contribution in [0.4, 0.5) is 5.69 Å². The van der Waals surface area contributed by atoms with Gasteiger partial charge in [0.1, 0.15) is 10.7 Å². The lowest BCUT2D eigenvalue weighted by Crippen LogP contribution is -2.30. The highest BCUT2D eigenvalue weighted by Gasteiger charge is 2.20. The van der Waals surface area contributed by atoms with Crippen molar-refractivity contribution >= 4 is 54.8 Å². The average Bonchev–Trinajstić information content (AvgIpc) is 2.92. The first-order valence-electron chi connectivity index (χ1n) is 8.81. The number of nitrogens with zero attached hydrogens (tertiary/aromatic N) is 1. The van der Waals surface area contributed by atoms with Crippen LogP contribution < -0.4 is 9.44 Å². The molecule has 2 aromatic carbocycles. The second-order valence-corrected chi connectivity index (χ2v) is 10.6. The standard InChI is InChI=1S/C18H19Cl2N3O4S2/c19-13-5-10-16(20)17(12-13)29(26,27)22-14-6-8-15(9-7-14)28(24,25)23-18-4-2-1-3-11-21-18/h5-10,12,22H,1-4,11H2,(H,21,23). The smallest absolute Gasteiger partial charge is 0.263 e. The Kier molecular flexibility index (Phi) is 6.72. The average molecular weight is 476 g/mol. The molecule has 0 aromatic heterocycles. The van der Waals surface area contributed by atoms with Crippen LogP contribution in [-0.4, -0.2) is 29.2 Å². The lowest BCUT2D eigenvalue weighted by Gasteiger charge is -2.12. The number of rotatable bonds is 5. The third-order valence-corrected chi connectivity index (χ3v) is 7.72. The summed E-state index contributed by atoms with van der Waals surface area (Å²) in [6.07, 6.45) is 3.42. The fourth-order valence-electron chi connectivity index (χ4n) is 2.77. The molecule has 2 N–H and O–H groups in total. The van der Waals surface area contributed by atoms with Gasteiger partial charge in [0.2, 0.25) is 0 Å². The Bertz CT molecular complexity index is 1130. The minimum Gasteiger partial charge on any atom is -0.280 e. The normalized spacial score (nSPS) is 15.3. The third kappa shape index (κ3) is 5.63. The van der Waals surface area contributed by atoms with E-state index in [0.29, 0.717) is 18.8 Å². The van der Waals surface area contributed by atoms with Crippen molar-refractivity contribution in [1.82, 2.24) is 4.72 Å². The quantitative estimate of drug-likeness (QED) is 0.680. The summed E-state index contributed by atoms with van der Waals surface area (Å²) in [5.74, 6) is 0.447. The molecule has 0 fully saturated rings. The zero-order valence-corrected chi connectivity index (χ0v) is 18.4. The van der Waals surface area contributed by atoms with E-state index in [2.05, 4.69) is 14.4 Å². The summed E-state index contributed by atoms with van der Waals surface area (Å²) in [5.41, 5.74) is 0.187. The van der Waals surface area contributed by atoms with Crippen LogP contribution >= 0.6 is 23.2 Å². The van der Waals surface area contributed by atoms with Gasteiger partial charge in [0.25, 0.3) is 20.0 Å². The number of aliphatic imine (C=N–C) groups is 1. The van der Waals surface area contributed by atoms with Crippen molar-refractivity contribution < 1.29 is 16.8 Å². The molecule has 0 atom stereocenters. The topological polar surface area (TPSA) is 105 Å². The van der Waals surface area contributed by atoms with Crippen molar-refractivity contribution in [3.05, 3.63) is 52.5 Å². The van der Waals surface area contributed by atoms with Crippen LogP contribution in [0, 0.1) is 0 Å². The van der Waals surface area contributed by atoms with Gasteiger partial charge in [0, 0.05) is 23.7 Å². The predicted molar refractivity (Wildman–Crippen MR) is 115 cm³/mol. The first-order chi connectivity index (χ1) is 13.7. The zero-order chi connectivity index (χ0) is 21.1. The Morgan fingerprint density at radius 1 is 0.828 bits per heavy atom. The molecule has 0 aliphatic carbocycles. The zero-order valence-electron chi connectivity index (χ0n) is 15.2. The van der Waals surface area contributed by atoms with Gasteiger partial charge < -0.3 is 0 Å².